The van der Waals surface area contributed by atoms with Gasteiger partial charge in [-0.15, -0.1) is 0 Å². The van der Waals surface area contributed by atoms with Crippen molar-refractivity contribution < 1.29 is 27.1 Å². The molecule has 1 saturated carbocycles. The third kappa shape index (κ3) is 7.88. The van der Waals surface area contributed by atoms with Crippen molar-refractivity contribution in [3.05, 3.63) is 90.2 Å². The molecule has 0 spiro atoms. The topological polar surface area (TPSA) is 96.0 Å². The first kappa shape index (κ1) is 31.0. The van der Waals surface area contributed by atoms with Crippen LogP contribution in [0.2, 0.25) is 0 Å². The summed E-state index contributed by atoms with van der Waals surface area (Å²) in [6.07, 6.45) is 5.01. The molecule has 2 amide bonds. The quantitative estimate of drug-likeness (QED) is 0.307. The molecule has 0 aromatic heterocycles. The monoisotopic (exact) mass is 595 g/mol. The van der Waals surface area contributed by atoms with Gasteiger partial charge in [0.15, 0.2) is 0 Å². The fourth-order valence-electron chi connectivity index (χ4n) is 5.07. The van der Waals surface area contributed by atoms with Gasteiger partial charge in [0.2, 0.25) is 11.8 Å². The summed E-state index contributed by atoms with van der Waals surface area (Å²) in [6.45, 7) is 3.42. The molecule has 0 heterocycles. The Kier molecular flexibility index (Phi) is 10.6. The van der Waals surface area contributed by atoms with Gasteiger partial charge in [0.1, 0.15) is 24.2 Å². The number of carbonyl (C=O) groups excluding carboxylic acids is 2. The predicted molar refractivity (Wildman–Crippen MR) is 160 cm³/mol. The Morgan fingerprint density at radius 2 is 1.60 bits per heavy atom. The van der Waals surface area contributed by atoms with Gasteiger partial charge in [-0.2, -0.15) is 0 Å². The number of hydrogen-bond donors (Lipinski definition) is 1. The smallest absolute Gasteiger partial charge is 0.264 e. The van der Waals surface area contributed by atoms with Crippen molar-refractivity contribution in [2.45, 2.75) is 69.5 Å². The van der Waals surface area contributed by atoms with Gasteiger partial charge in [0.05, 0.1) is 17.2 Å². The number of nitrogens with zero attached hydrogens (tertiary/aromatic N) is 2. The largest absolute Gasteiger partial charge is 0.494 e. The van der Waals surface area contributed by atoms with Gasteiger partial charge in [-0.25, -0.2) is 12.8 Å². The van der Waals surface area contributed by atoms with E-state index in [1.165, 1.54) is 29.2 Å². The summed E-state index contributed by atoms with van der Waals surface area (Å²) in [5.41, 5.74) is 0.920. The Morgan fingerprint density at radius 1 is 0.952 bits per heavy atom. The molecule has 10 heteroatoms. The number of ether oxygens (including phenoxy) is 1. The fourth-order valence-corrected chi connectivity index (χ4v) is 6.48. The Bertz CT molecular complexity index is 1430. The third-order valence-corrected chi connectivity index (χ3v) is 9.22. The highest BCUT2D eigenvalue weighted by Crippen LogP contribution is 2.26. The van der Waals surface area contributed by atoms with Gasteiger partial charge in [0, 0.05) is 12.6 Å². The first-order chi connectivity index (χ1) is 20.2. The number of rotatable bonds is 12. The minimum absolute atomic E-state index is 0.0538. The molecule has 42 heavy (non-hydrogen) atoms. The van der Waals surface area contributed by atoms with E-state index in [1.807, 2.05) is 37.3 Å². The molecule has 224 valence electrons. The molecule has 1 aliphatic carbocycles. The second kappa shape index (κ2) is 14.3. The van der Waals surface area contributed by atoms with Gasteiger partial charge in [-0.05, 0) is 80.8 Å². The number of nitrogens with one attached hydrogen (secondary N) is 1. The molecule has 0 unspecified atom stereocenters. The van der Waals surface area contributed by atoms with Crippen LogP contribution in [0.25, 0.3) is 0 Å². The van der Waals surface area contributed by atoms with Gasteiger partial charge in [-0.1, -0.05) is 49.6 Å². The minimum Gasteiger partial charge on any atom is -0.494 e. The molecular formula is C32H38FN3O5S. The maximum Gasteiger partial charge on any atom is 0.264 e. The molecule has 1 N–H and O–H groups in total. The standard InChI is InChI=1S/C32H38FN3O5S/c1-3-41-29-18-20-30(21-19-29)42(39,40)36(28-16-14-26(33)15-17-28)23-31(37)35(22-25-10-6-4-7-11-25)24(2)32(38)34-27-12-8-5-9-13-27/h4,6-7,10-11,14-21,24,27H,3,5,8-9,12-13,22-23H2,1-2H3,(H,34,38)/t24-/m0/s1. The molecule has 1 aliphatic rings. The molecule has 0 bridgehead atoms. The average molecular weight is 596 g/mol. The van der Waals surface area contributed by atoms with Gasteiger partial charge >= 0.3 is 0 Å². The van der Waals surface area contributed by atoms with E-state index in [-0.39, 0.29) is 29.1 Å². The summed E-state index contributed by atoms with van der Waals surface area (Å²) in [5, 5.41) is 3.08. The molecule has 3 aromatic rings. The number of benzene rings is 3. The number of sulfonamides is 1. The van der Waals surface area contributed by atoms with E-state index in [4.69, 9.17) is 4.74 Å². The van der Waals surface area contributed by atoms with Gasteiger partial charge < -0.3 is 15.0 Å². The van der Waals surface area contributed by atoms with E-state index >= 15 is 0 Å². The lowest BCUT2D eigenvalue weighted by Crippen LogP contribution is -2.53. The van der Waals surface area contributed by atoms with E-state index in [0.29, 0.717) is 12.4 Å². The van der Waals surface area contributed by atoms with Crippen LogP contribution in [0.1, 0.15) is 51.5 Å². The normalized spacial score (nSPS) is 14.5. The van der Waals surface area contributed by atoms with Crippen LogP contribution < -0.4 is 14.4 Å². The van der Waals surface area contributed by atoms with Crippen molar-refractivity contribution in [2.75, 3.05) is 17.5 Å². The van der Waals surface area contributed by atoms with E-state index in [2.05, 4.69) is 5.32 Å². The molecular weight excluding hydrogens is 557 g/mol. The van der Waals surface area contributed by atoms with Crippen LogP contribution >= 0.6 is 0 Å². The van der Waals surface area contributed by atoms with Crippen LogP contribution in [0.15, 0.2) is 83.8 Å². The zero-order chi connectivity index (χ0) is 30.1. The van der Waals surface area contributed by atoms with Crippen molar-refractivity contribution in [2.24, 2.45) is 0 Å². The van der Waals surface area contributed by atoms with E-state index in [1.54, 1.807) is 19.1 Å². The van der Waals surface area contributed by atoms with Crippen LogP contribution in [-0.2, 0) is 26.2 Å². The maximum absolute atomic E-state index is 14.0. The molecule has 0 aliphatic heterocycles. The zero-order valence-corrected chi connectivity index (χ0v) is 24.9. The number of halogens is 1. The highest BCUT2D eigenvalue weighted by Gasteiger charge is 2.33. The Morgan fingerprint density at radius 3 is 2.21 bits per heavy atom. The second-order valence-corrected chi connectivity index (χ2v) is 12.3. The van der Waals surface area contributed by atoms with Crippen LogP contribution in [0.5, 0.6) is 5.75 Å². The van der Waals surface area contributed by atoms with Crippen LogP contribution in [0.3, 0.4) is 0 Å². The summed E-state index contributed by atoms with van der Waals surface area (Å²) in [5.74, 6) is -0.882. The van der Waals surface area contributed by atoms with Gasteiger partial charge in [0.25, 0.3) is 10.0 Å². The molecule has 3 aromatic carbocycles. The molecule has 1 atom stereocenters. The second-order valence-electron chi connectivity index (χ2n) is 10.4. The van der Waals surface area contributed by atoms with Crippen molar-refractivity contribution in [1.29, 1.82) is 0 Å². The van der Waals surface area contributed by atoms with Crippen molar-refractivity contribution in [3.8, 4) is 5.75 Å². The Labute approximate surface area is 247 Å². The van der Waals surface area contributed by atoms with Crippen LogP contribution in [0, 0.1) is 5.82 Å². The SMILES string of the molecule is CCOc1ccc(S(=O)(=O)N(CC(=O)N(Cc2ccccc2)[C@@H](C)C(=O)NC2CCCCC2)c2ccc(F)cc2)cc1. The molecule has 8 nitrogen and oxygen atoms in total. The number of hydrogen-bond acceptors (Lipinski definition) is 5. The first-order valence-electron chi connectivity index (χ1n) is 14.3. The molecule has 0 radical (unpaired) electrons. The lowest BCUT2D eigenvalue weighted by atomic mass is 9.95. The Balaban J connectivity index is 1.65. The zero-order valence-electron chi connectivity index (χ0n) is 24.0. The highest BCUT2D eigenvalue weighted by molar-refractivity contribution is 7.92. The van der Waals surface area contributed by atoms with E-state index in [0.717, 1.165) is 54.1 Å². The summed E-state index contributed by atoms with van der Waals surface area (Å²) in [4.78, 5) is 28.7. The maximum atomic E-state index is 14.0. The lowest BCUT2D eigenvalue weighted by Gasteiger charge is -2.33. The number of anilines is 1. The summed E-state index contributed by atoms with van der Waals surface area (Å²) < 4.78 is 48.0. The van der Waals surface area contributed by atoms with Gasteiger partial charge in [-0.3, -0.25) is 13.9 Å². The lowest BCUT2D eigenvalue weighted by molar-refractivity contribution is -0.139. The molecule has 1 fully saturated rings. The Hall–Kier alpha value is -3.92. The van der Waals surface area contributed by atoms with Crippen molar-refractivity contribution in [1.82, 2.24) is 10.2 Å². The van der Waals surface area contributed by atoms with Crippen molar-refractivity contribution in [3.63, 3.8) is 0 Å². The van der Waals surface area contributed by atoms with Crippen LogP contribution in [0.4, 0.5) is 10.1 Å². The fraction of sp³-hybridized carbons (Fsp3) is 0.375. The van der Waals surface area contributed by atoms with E-state index in [9.17, 15) is 22.4 Å². The predicted octanol–water partition coefficient (Wildman–Crippen LogP) is 5.29. The summed E-state index contributed by atoms with van der Waals surface area (Å²) >= 11 is 0. The van der Waals surface area contributed by atoms with Crippen molar-refractivity contribution >= 4 is 27.5 Å². The summed E-state index contributed by atoms with van der Waals surface area (Å²) in [7, 11) is -4.26. The highest BCUT2D eigenvalue weighted by atomic mass is 32.2. The minimum atomic E-state index is -4.26. The van der Waals surface area contributed by atoms with E-state index < -0.39 is 34.3 Å². The first-order valence-corrected chi connectivity index (χ1v) is 15.8. The number of amides is 2. The van der Waals surface area contributed by atoms with Crippen LogP contribution in [-0.4, -0.2) is 50.4 Å². The average Bonchev–Trinajstić information content (AvgIpc) is 3.00. The molecule has 4 rings (SSSR count). The third-order valence-electron chi connectivity index (χ3n) is 7.43. The molecule has 0 saturated heterocycles. The summed E-state index contributed by atoms with van der Waals surface area (Å²) in [6, 6.07) is 19.2. The number of carbonyl (C=O) groups is 2.